The summed E-state index contributed by atoms with van der Waals surface area (Å²) >= 11 is 0. The maximum Gasteiger partial charge on any atom is 0.341 e. The van der Waals surface area contributed by atoms with Gasteiger partial charge in [-0.1, -0.05) is 12.8 Å². The Labute approximate surface area is 122 Å². The summed E-state index contributed by atoms with van der Waals surface area (Å²) in [6, 6.07) is 2.79. The Morgan fingerprint density at radius 1 is 1.38 bits per heavy atom. The van der Waals surface area contributed by atoms with Gasteiger partial charge in [0.1, 0.15) is 5.82 Å². The maximum atomic E-state index is 13.8. The van der Waals surface area contributed by atoms with Crippen molar-refractivity contribution in [3.05, 3.63) is 29.1 Å². The molecule has 6 heteroatoms. The molecule has 0 bridgehead atoms. The number of nitrogens with two attached hydrogens (primary N) is 1. The number of carbonyl (C=O) groups is 2. The van der Waals surface area contributed by atoms with Crippen LogP contribution in [0.1, 0.15) is 41.6 Å². The predicted octanol–water partition coefficient (Wildman–Crippen LogP) is 1.93. The summed E-state index contributed by atoms with van der Waals surface area (Å²) in [5.41, 5.74) is 5.86. The third-order valence-electron chi connectivity index (χ3n) is 3.55. The van der Waals surface area contributed by atoms with E-state index in [1.165, 1.54) is 19.1 Å². The number of esters is 1. The molecule has 1 amide bonds. The minimum absolute atomic E-state index is 0.155. The highest BCUT2D eigenvalue weighted by Gasteiger charge is 2.20. The van der Waals surface area contributed by atoms with E-state index in [-0.39, 0.29) is 28.8 Å². The summed E-state index contributed by atoms with van der Waals surface area (Å²) in [5.74, 6) is -1.92. The van der Waals surface area contributed by atoms with Crippen molar-refractivity contribution in [3.8, 4) is 0 Å². The first-order valence-corrected chi connectivity index (χ1v) is 6.99. The number of nitrogens with one attached hydrogen (secondary N) is 1. The molecule has 0 heterocycles. The predicted molar refractivity (Wildman–Crippen MR) is 76.2 cm³/mol. The Kier molecular flexibility index (Phi) is 4.77. The highest BCUT2D eigenvalue weighted by atomic mass is 19.1. The van der Waals surface area contributed by atoms with E-state index in [1.54, 1.807) is 0 Å². The lowest BCUT2D eigenvalue weighted by atomic mass is 10.1. The van der Waals surface area contributed by atoms with Crippen molar-refractivity contribution in [2.24, 2.45) is 0 Å². The van der Waals surface area contributed by atoms with Gasteiger partial charge < -0.3 is 15.8 Å². The van der Waals surface area contributed by atoms with Gasteiger partial charge in [-0.2, -0.15) is 0 Å². The summed E-state index contributed by atoms with van der Waals surface area (Å²) in [6.07, 6.45) is 4.09. The average molecular weight is 294 g/mol. The van der Waals surface area contributed by atoms with E-state index in [2.05, 4.69) is 5.32 Å². The quantitative estimate of drug-likeness (QED) is 0.656. The Hall–Kier alpha value is -2.11. The van der Waals surface area contributed by atoms with E-state index in [1.807, 2.05) is 0 Å². The van der Waals surface area contributed by atoms with Crippen molar-refractivity contribution in [3.63, 3.8) is 0 Å². The molecule has 1 saturated carbocycles. The normalized spacial score (nSPS) is 15.0. The molecule has 0 saturated heterocycles. The van der Waals surface area contributed by atoms with E-state index in [9.17, 15) is 14.0 Å². The number of halogens is 1. The molecule has 3 N–H and O–H groups in total. The van der Waals surface area contributed by atoms with Gasteiger partial charge in [-0.15, -0.1) is 0 Å². The molecule has 0 aromatic heterocycles. The smallest absolute Gasteiger partial charge is 0.341 e. The average Bonchev–Trinajstić information content (AvgIpc) is 2.93. The molecule has 1 aromatic rings. The molecule has 0 spiro atoms. The van der Waals surface area contributed by atoms with Crippen LogP contribution in [0, 0.1) is 12.7 Å². The van der Waals surface area contributed by atoms with Crippen LogP contribution in [0.15, 0.2) is 12.1 Å². The topological polar surface area (TPSA) is 81.4 Å². The van der Waals surface area contributed by atoms with Crippen LogP contribution in [0.4, 0.5) is 10.1 Å². The molecule has 21 heavy (non-hydrogen) atoms. The van der Waals surface area contributed by atoms with Crippen LogP contribution in [0.3, 0.4) is 0 Å². The minimum Gasteiger partial charge on any atom is -0.452 e. The van der Waals surface area contributed by atoms with Crippen molar-refractivity contribution in [2.75, 3.05) is 12.3 Å². The fraction of sp³-hybridized carbons (Fsp3) is 0.467. The van der Waals surface area contributed by atoms with Gasteiger partial charge in [0.05, 0.1) is 5.56 Å². The van der Waals surface area contributed by atoms with Gasteiger partial charge in [-0.3, -0.25) is 4.79 Å². The van der Waals surface area contributed by atoms with Crippen molar-refractivity contribution in [2.45, 2.75) is 38.6 Å². The second-order valence-electron chi connectivity index (χ2n) is 5.32. The van der Waals surface area contributed by atoms with Gasteiger partial charge in [-0.05, 0) is 37.5 Å². The Bertz CT molecular complexity index is 554. The number of carbonyl (C=O) groups excluding carboxylic acids is 2. The molecule has 1 aromatic carbocycles. The molecule has 1 aliphatic rings. The van der Waals surface area contributed by atoms with E-state index in [4.69, 9.17) is 10.5 Å². The van der Waals surface area contributed by atoms with Crippen molar-refractivity contribution in [1.29, 1.82) is 0 Å². The van der Waals surface area contributed by atoms with Gasteiger partial charge >= 0.3 is 5.97 Å². The largest absolute Gasteiger partial charge is 0.452 e. The fourth-order valence-corrected chi connectivity index (χ4v) is 2.49. The molecule has 5 nitrogen and oxygen atoms in total. The summed E-state index contributed by atoms with van der Waals surface area (Å²) in [5, 5.41) is 2.79. The second-order valence-corrected chi connectivity index (χ2v) is 5.32. The van der Waals surface area contributed by atoms with Crippen molar-refractivity contribution < 1.29 is 18.7 Å². The number of aryl methyl sites for hydroxylation is 1. The van der Waals surface area contributed by atoms with E-state index in [0.717, 1.165) is 25.7 Å². The molecule has 1 aliphatic carbocycles. The molecule has 0 radical (unpaired) electrons. The van der Waals surface area contributed by atoms with Gasteiger partial charge in [-0.25, -0.2) is 9.18 Å². The SMILES string of the molecule is Cc1cc(N)cc(C(=O)OCC(=O)NC2CCCC2)c1F. The standard InChI is InChI=1S/C15H19FN2O3/c1-9-6-10(17)7-12(14(9)16)15(20)21-8-13(19)18-11-4-2-3-5-11/h6-7,11H,2-5,8,17H2,1H3,(H,18,19). The number of rotatable bonds is 4. The lowest BCUT2D eigenvalue weighted by molar-refractivity contribution is -0.124. The lowest BCUT2D eigenvalue weighted by Gasteiger charge is -2.12. The summed E-state index contributed by atoms with van der Waals surface area (Å²) < 4.78 is 18.7. The zero-order valence-electron chi connectivity index (χ0n) is 11.9. The molecular weight excluding hydrogens is 275 g/mol. The van der Waals surface area contributed by atoms with Gasteiger partial charge in [0.25, 0.3) is 5.91 Å². The van der Waals surface area contributed by atoms with E-state index in [0.29, 0.717) is 0 Å². The zero-order valence-corrected chi connectivity index (χ0v) is 11.9. The summed E-state index contributed by atoms with van der Waals surface area (Å²) in [4.78, 5) is 23.5. The van der Waals surface area contributed by atoms with Crippen LogP contribution in [-0.4, -0.2) is 24.5 Å². The Morgan fingerprint density at radius 3 is 2.71 bits per heavy atom. The molecule has 2 rings (SSSR count). The van der Waals surface area contributed by atoms with E-state index >= 15 is 0 Å². The fourth-order valence-electron chi connectivity index (χ4n) is 2.49. The van der Waals surface area contributed by atoms with Crippen LogP contribution < -0.4 is 11.1 Å². The number of benzene rings is 1. The lowest BCUT2D eigenvalue weighted by Crippen LogP contribution is -2.36. The number of amides is 1. The third-order valence-corrected chi connectivity index (χ3v) is 3.55. The summed E-state index contributed by atoms with van der Waals surface area (Å²) in [6.45, 7) is 1.10. The number of nitrogen functional groups attached to an aromatic ring is 1. The third kappa shape index (κ3) is 3.93. The van der Waals surface area contributed by atoms with Crippen molar-refractivity contribution >= 4 is 17.6 Å². The van der Waals surface area contributed by atoms with Crippen molar-refractivity contribution in [1.82, 2.24) is 5.32 Å². The van der Waals surface area contributed by atoms with Gasteiger partial charge in [0, 0.05) is 11.7 Å². The number of hydrogen-bond donors (Lipinski definition) is 2. The van der Waals surface area contributed by atoms with Crippen LogP contribution in [0.5, 0.6) is 0 Å². The first kappa shape index (κ1) is 15.3. The van der Waals surface area contributed by atoms with E-state index < -0.39 is 18.4 Å². The molecule has 114 valence electrons. The van der Waals surface area contributed by atoms with Crippen LogP contribution >= 0.6 is 0 Å². The zero-order chi connectivity index (χ0) is 15.4. The maximum absolute atomic E-state index is 13.8. The number of anilines is 1. The first-order chi connectivity index (χ1) is 9.97. The molecule has 0 unspecified atom stereocenters. The second kappa shape index (κ2) is 6.56. The number of ether oxygens (including phenoxy) is 1. The summed E-state index contributed by atoms with van der Waals surface area (Å²) in [7, 11) is 0. The van der Waals surface area contributed by atoms with Gasteiger partial charge in [0.15, 0.2) is 6.61 Å². The van der Waals surface area contributed by atoms with Crippen LogP contribution in [0.25, 0.3) is 0 Å². The first-order valence-electron chi connectivity index (χ1n) is 6.99. The van der Waals surface area contributed by atoms with Crippen LogP contribution in [-0.2, 0) is 9.53 Å². The Balaban J connectivity index is 1.91. The monoisotopic (exact) mass is 294 g/mol. The molecule has 0 aliphatic heterocycles. The number of hydrogen-bond acceptors (Lipinski definition) is 4. The Morgan fingerprint density at radius 2 is 2.05 bits per heavy atom. The highest BCUT2D eigenvalue weighted by Crippen LogP contribution is 2.19. The molecule has 0 atom stereocenters. The van der Waals surface area contributed by atoms with Crippen LogP contribution in [0.2, 0.25) is 0 Å². The minimum atomic E-state index is -0.885. The van der Waals surface area contributed by atoms with Gasteiger partial charge in [0.2, 0.25) is 0 Å². The highest BCUT2D eigenvalue weighted by molar-refractivity contribution is 5.92. The molecular formula is C15H19FN2O3. The molecule has 1 fully saturated rings.